The maximum Gasteiger partial charge on any atom is 0.178 e. The Kier molecular flexibility index (Phi) is 3.31. The molecule has 0 aromatic carbocycles. The van der Waals surface area contributed by atoms with E-state index < -0.39 is 0 Å². The van der Waals surface area contributed by atoms with E-state index in [9.17, 15) is 0 Å². The molecule has 1 saturated carbocycles. The average Bonchev–Trinajstić information content (AvgIpc) is 2.80. The van der Waals surface area contributed by atoms with Crippen LogP contribution >= 0.6 is 11.8 Å². The first-order chi connectivity index (χ1) is 8.42. The fourth-order valence-corrected chi connectivity index (χ4v) is 3.50. The van der Waals surface area contributed by atoms with Gasteiger partial charge >= 0.3 is 0 Å². The molecule has 3 nitrogen and oxygen atoms in total. The van der Waals surface area contributed by atoms with Gasteiger partial charge in [-0.2, -0.15) is 0 Å². The molecule has 0 unspecified atom stereocenters. The molecule has 0 spiro atoms. The van der Waals surface area contributed by atoms with E-state index in [0.29, 0.717) is 0 Å². The predicted molar refractivity (Wildman–Crippen MR) is 71.2 cm³/mol. The summed E-state index contributed by atoms with van der Waals surface area (Å²) in [5, 5.41) is 1.02. The largest absolute Gasteiger partial charge is 0.332 e. The van der Waals surface area contributed by atoms with Crippen LogP contribution in [-0.4, -0.2) is 20.7 Å². The first kappa shape index (κ1) is 11.1. The zero-order chi connectivity index (χ0) is 11.5. The number of pyridine rings is 1. The third-order valence-electron chi connectivity index (χ3n) is 3.42. The van der Waals surface area contributed by atoms with Gasteiger partial charge in [-0.15, -0.1) is 0 Å². The molecule has 90 valence electrons. The van der Waals surface area contributed by atoms with Crippen LogP contribution in [0.5, 0.6) is 0 Å². The second-order valence-electron chi connectivity index (χ2n) is 4.73. The maximum atomic E-state index is 4.49. The molecule has 2 aromatic rings. The van der Waals surface area contributed by atoms with E-state index in [0.717, 1.165) is 22.2 Å². The van der Waals surface area contributed by atoms with Crippen molar-refractivity contribution in [2.75, 3.05) is 5.75 Å². The van der Waals surface area contributed by atoms with Crippen molar-refractivity contribution in [1.29, 1.82) is 0 Å². The van der Waals surface area contributed by atoms with Crippen LogP contribution in [0.2, 0.25) is 0 Å². The number of nitrogens with zero attached hydrogens (tertiary/aromatic N) is 2. The molecule has 1 aliphatic carbocycles. The van der Waals surface area contributed by atoms with Gasteiger partial charge in [0.1, 0.15) is 0 Å². The Bertz CT molecular complexity index is 455. The first-order valence-electron chi connectivity index (χ1n) is 6.35. The van der Waals surface area contributed by atoms with Crippen LogP contribution in [0.25, 0.3) is 11.2 Å². The van der Waals surface area contributed by atoms with E-state index in [1.54, 1.807) is 6.20 Å². The number of thioether (sulfide) groups is 1. The van der Waals surface area contributed by atoms with Gasteiger partial charge in [-0.3, -0.25) is 0 Å². The smallest absolute Gasteiger partial charge is 0.178 e. The molecule has 1 fully saturated rings. The van der Waals surface area contributed by atoms with Crippen molar-refractivity contribution in [2.45, 2.75) is 37.3 Å². The lowest BCUT2D eigenvalue weighted by Gasteiger charge is -2.20. The van der Waals surface area contributed by atoms with Crippen molar-refractivity contribution in [1.82, 2.24) is 15.0 Å². The molecule has 0 radical (unpaired) electrons. The van der Waals surface area contributed by atoms with E-state index in [4.69, 9.17) is 0 Å². The van der Waals surface area contributed by atoms with Gasteiger partial charge < -0.3 is 4.98 Å². The number of aromatic amines is 1. The maximum absolute atomic E-state index is 4.49. The topological polar surface area (TPSA) is 41.6 Å². The molecular weight excluding hydrogens is 230 g/mol. The second kappa shape index (κ2) is 5.08. The third-order valence-corrected chi connectivity index (χ3v) is 4.52. The quantitative estimate of drug-likeness (QED) is 0.842. The summed E-state index contributed by atoms with van der Waals surface area (Å²) >= 11 is 1.85. The Labute approximate surface area is 105 Å². The molecular formula is C13H17N3S. The van der Waals surface area contributed by atoms with Gasteiger partial charge in [-0.05, 0) is 30.9 Å². The fourth-order valence-electron chi connectivity index (χ4n) is 2.44. The molecule has 0 saturated heterocycles. The standard InChI is InChI=1S/C13H17N3S/c1-2-5-10(6-3-1)9-17-13-15-11-7-4-8-14-12(11)16-13/h4,7-8,10H,1-3,5-6,9H2,(H,14,15,16). The van der Waals surface area contributed by atoms with Crippen molar-refractivity contribution in [3.05, 3.63) is 18.3 Å². The Morgan fingerprint density at radius 3 is 3.00 bits per heavy atom. The van der Waals surface area contributed by atoms with E-state index in [-0.39, 0.29) is 0 Å². The molecule has 0 amide bonds. The summed E-state index contributed by atoms with van der Waals surface area (Å²) in [6, 6.07) is 3.97. The minimum Gasteiger partial charge on any atom is -0.332 e. The Morgan fingerprint density at radius 1 is 1.29 bits per heavy atom. The molecule has 1 N–H and O–H groups in total. The highest BCUT2D eigenvalue weighted by atomic mass is 32.2. The minimum absolute atomic E-state index is 0.832. The van der Waals surface area contributed by atoms with Crippen molar-refractivity contribution < 1.29 is 0 Å². The number of H-pyrrole nitrogens is 1. The van der Waals surface area contributed by atoms with Crippen LogP contribution < -0.4 is 0 Å². The van der Waals surface area contributed by atoms with Crippen LogP contribution in [-0.2, 0) is 0 Å². The summed E-state index contributed by atoms with van der Waals surface area (Å²) in [5.41, 5.74) is 1.87. The number of hydrogen-bond acceptors (Lipinski definition) is 3. The van der Waals surface area contributed by atoms with E-state index >= 15 is 0 Å². The number of fused-ring (bicyclic) bond motifs is 1. The van der Waals surface area contributed by atoms with Gasteiger partial charge in [-0.1, -0.05) is 31.0 Å². The summed E-state index contributed by atoms with van der Waals surface area (Å²) in [5.74, 6) is 2.08. The van der Waals surface area contributed by atoms with Crippen LogP contribution in [0.15, 0.2) is 23.5 Å². The van der Waals surface area contributed by atoms with Crippen molar-refractivity contribution in [3.63, 3.8) is 0 Å². The predicted octanol–water partition coefficient (Wildman–Crippen LogP) is 3.63. The van der Waals surface area contributed by atoms with Crippen LogP contribution in [0, 0.1) is 5.92 Å². The van der Waals surface area contributed by atoms with Gasteiger partial charge in [-0.25, -0.2) is 9.97 Å². The summed E-state index contributed by atoms with van der Waals surface area (Å²) < 4.78 is 0. The Hall–Kier alpha value is -1.03. The molecule has 1 aliphatic rings. The molecule has 0 aliphatic heterocycles. The van der Waals surface area contributed by atoms with Crippen LogP contribution in [0.3, 0.4) is 0 Å². The Balaban J connectivity index is 1.64. The van der Waals surface area contributed by atoms with E-state index in [1.807, 2.05) is 23.9 Å². The zero-order valence-corrected chi connectivity index (χ0v) is 10.7. The van der Waals surface area contributed by atoms with Crippen LogP contribution in [0.4, 0.5) is 0 Å². The average molecular weight is 247 g/mol. The summed E-state index contributed by atoms with van der Waals surface area (Å²) in [6.45, 7) is 0. The van der Waals surface area contributed by atoms with E-state index in [1.165, 1.54) is 37.9 Å². The van der Waals surface area contributed by atoms with Gasteiger partial charge in [0.25, 0.3) is 0 Å². The summed E-state index contributed by atoms with van der Waals surface area (Å²) in [7, 11) is 0. The molecule has 4 heteroatoms. The highest BCUT2D eigenvalue weighted by Gasteiger charge is 2.14. The molecule has 0 atom stereocenters. The summed E-state index contributed by atoms with van der Waals surface area (Å²) in [4.78, 5) is 12.1. The third kappa shape index (κ3) is 2.63. The number of aromatic nitrogens is 3. The van der Waals surface area contributed by atoms with Crippen LogP contribution in [0.1, 0.15) is 32.1 Å². The number of rotatable bonds is 3. The van der Waals surface area contributed by atoms with Crippen molar-refractivity contribution in [3.8, 4) is 0 Å². The fraction of sp³-hybridized carbons (Fsp3) is 0.538. The number of nitrogens with one attached hydrogen (secondary N) is 1. The highest BCUT2D eigenvalue weighted by Crippen LogP contribution is 2.29. The highest BCUT2D eigenvalue weighted by molar-refractivity contribution is 7.99. The lowest BCUT2D eigenvalue weighted by molar-refractivity contribution is 0.391. The SMILES string of the molecule is c1cnc2nc(SCC3CCCCC3)[nH]c2c1. The number of hydrogen-bond donors (Lipinski definition) is 1. The van der Waals surface area contributed by atoms with Crippen molar-refractivity contribution in [2.24, 2.45) is 5.92 Å². The minimum atomic E-state index is 0.832. The van der Waals surface area contributed by atoms with Gasteiger partial charge in [0.2, 0.25) is 0 Å². The van der Waals surface area contributed by atoms with Gasteiger partial charge in [0, 0.05) is 11.9 Å². The molecule has 2 aromatic heterocycles. The second-order valence-corrected chi connectivity index (χ2v) is 5.74. The molecule has 2 heterocycles. The molecule has 3 rings (SSSR count). The van der Waals surface area contributed by atoms with Gasteiger partial charge in [0.05, 0.1) is 5.52 Å². The zero-order valence-electron chi connectivity index (χ0n) is 9.85. The normalized spacial score (nSPS) is 17.6. The van der Waals surface area contributed by atoms with Crippen molar-refractivity contribution >= 4 is 22.9 Å². The monoisotopic (exact) mass is 247 g/mol. The van der Waals surface area contributed by atoms with E-state index in [2.05, 4.69) is 15.0 Å². The Morgan fingerprint density at radius 2 is 2.18 bits per heavy atom. The number of imidazole rings is 1. The first-order valence-corrected chi connectivity index (χ1v) is 7.34. The lowest BCUT2D eigenvalue weighted by atomic mass is 9.91. The lowest BCUT2D eigenvalue weighted by Crippen LogP contribution is -2.08. The molecule has 0 bridgehead atoms. The summed E-state index contributed by atoms with van der Waals surface area (Å²) in [6.07, 6.45) is 8.82. The van der Waals surface area contributed by atoms with Gasteiger partial charge in [0.15, 0.2) is 10.8 Å². The molecule has 17 heavy (non-hydrogen) atoms.